The van der Waals surface area contributed by atoms with E-state index in [2.05, 4.69) is 20.8 Å². The molecule has 1 fully saturated rings. The number of benzene rings is 2. The molecule has 1 aliphatic heterocycles. The Morgan fingerprint density at radius 1 is 1.06 bits per heavy atom. The molecule has 1 aromatic heterocycles. The Hall–Kier alpha value is -3.47. The average Bonchev–Trinajstić information content (AvgIpc) is 3.27. The van der Waals surface area contributed by atoms with Gasteiger partial charge in [-0.05, 0) is 59.3 Å². The Bertz CT molecular complexity index is 1150. The van der Waals surface area contributed by atoms with Crippen LogP contribution in [0.5, 0.6) is 0 Å². The van der Waals surface area contributed by atoms with Crippen LogP contribution in [-0.2, 0) is 23.1 Å². The molecule has 1 atom stereocenters. The van der Waals surface area contributed by atoms with Crippen LogP contribution in [0.2, 0.25) is 5.02 Å². The van der Waals surface area contributed by atoms with Crippen molar-refractivity contribution >= 4 is 23.5 Å². The Morgan fingerprint density at radius 2 is 1.71 bits per heavy atom. The van der Waals surface area contributed by atoms with Crippen LogP contribution in [0.1, 0.15) is 23.9 Å². The van der Waals surface area contributed by atoms with Gasteiger partial charge in [-0.2, -0.15) is 17.9 Å². The standard InChI is InChI=1S/C19H14ClF3N6O2/c1-18(11-2-6-13(20)7-3-11)16(30)28(17(31)24-18)10-15-25-26-27-29(15)14-8-4-12(5-9-14)19(21,22)23/h2-9H,10H2,1H3,(H,24,31). The lowest BCUT2D eigenvalue weighted by molar-refractivity contribution is -0.137. The van der Waals surface area contributed by atoms with Gasteiger partial charge in [0.15, 0.2) is 5.82 Å². The first-order chi connectivity index (χ1) is 14.6. The number of aromatic nitrogens is 4. The number of imide groups is 1. The minimum absolute atomic E-state index is 0.101. The summed E-state index contributed by atoms with van der Waals surface area (Å²) in [7, 11) is 0. The minimum atomic E-state index is -4.48. The summed E-state index contributed by atoms with van der Waals surface area (Å²) >= 11 is 5.89. The summed E-state index contributed by atoms with van der Waals surface area (Å²) in [5.74, 6) is -0.426. The molecule has 1 saturated heterocycles. The van der Waals surface area contributed by atoms with Crippen LogP contribution in [0.15, 0.2) is 48.5 Å². The molecule has 12 heteroatoms. The van der Waals surface area contributed by atoms with E-state index in [0.29, 0.717) is 10.6 Å². The molecule has 0 bridgehead atoms. The molecular weight excluding hydrogens is 437 g/mol. The molecule has 1 unspecified atom stereocenters. The summed E-state index contributed by atoms with van der Waals surface area (Å²) in [6.07, 6.45) is -4.48. The van der Waals surface area contributed by atoms with Gasteiger partial charge in [0, 0.05) is 5.02 Å². The zero-order valence-corrected chi connectivity index (χ0v) is 16.6. The third kappa shape index (κ3) is 3.72. The summed E-state index contributed by atoms with van der Waals surface area (Å²) in [6.45, 7) is 1.29. The summed E-state index contributed by atoms with van der Waals surface area (Å²) in [5, 5.41) is 14.2. The van der Waals surface area contributed by atoms with Crippen molar-refractivity contribution in [3.05, 3.63) is 70.5 Å². The van der Waals surface area contributed by atoms with Crippen molar-refractivity contribution < 1.29 is 22.8 Å². The van der Waals surface area contributed by atoms with Gasteiger partial charge in [-0.25, -0.2) is 4.79 Å². The Labute approximate surface area is 178 Å². The maximum atomic E-state index is 13.1. The second-order valence-electron chi connectivity index (χ2n) is 7.00. The molecule has 31 heavy (non-hydrogen) atoms. The Kier molecular flexibility index (Phi) is 4.92. The lowest BCUT2D eigenvalue weighted by atomic mass is 9.92. The molecule has 8 nitrogen and oxygen atoms in total. The van der Waals surface area contributed by atoms with Gasteiger partial charge in [-0.15, -0.1) is 5.10 Å². The second-order valence-corrected chi connectivity index (χ2v) is 7.44. The van der Waals surface area contributed by atoms with E-state index in [1.807, 2.05) is 0 Å². The van der Waals surface area contributed by atoms with E-state index in [9.17, 15) is 22.8 Å². The van der Waals surface area contributed by atoms with Crippen molar-refractivity contribution in [2.45, 2.75) is 25.2 Å². The number of nitrogens with zero attached hydrogens (tertiary/aromatic N) is 5. The molecule has 160 valence electrons. The zero-order chi connectivity index (χ0) is 22.4. The number of hydrogen-bond acceptors (Lipinski definition) is 5. The molecule has 1 aliphatic rings. The predicted molar refractivity (Wildman–Crippen MR) is 102 cm³/mol. The molecule has 0 radical (unpaired) electrons. The highest BCUT2D eigenvalue weighted by molar-refractivity contribution is 6.30. The van der Waals surface area contributed by atoms with Gasteiger partial charge in [0.25, 0.3) is 5.91 Å². The monoisotopic (exact) mass is 450 g/mol. The third-order valence-corrected chi connectivity index (χ3v) is 5.22. The number of rotatable bonds is 4. The quantitative estimate of drug-likeness (QED) is 0.616. The molecule has 4 rings (SSSR count). The van der Waals surface area contributed by atoms with Crippen molar-refractivity contribution in [3.63, 3.8) is 0 Å². The maximum absolute atomic E-state index is 13.1. The number of hydrogen-bond donors (Lipinski definition) is 1. The fourth-order valence-corrected chi connectivity index (χ4v) is 3.38. The van der Waals surface area contributed by atoms with Gasteiger partial charge >= 0.3 is 12.2 Å². The highest BCUT2D eigenvalue weighted by Crippen LogP contribution is 2.31. The first kappa shape index (κ1) is 20.8. The van der Waals surface area contributed by atoms with E-state index in [1.165, 1.54) is 16.8 Å². The van der Waals surface area contributed by atoms with Gasteiger partial charge in [-0.3, -0.25) is 9.69 Å². The fraction of sp³-hybridized carbons (Fsp3) is 0.211. The molecule has 0 spiro atoms. The number of amides is 3. The first-order valence-electron chi connectivity index (χ1n) is 8.94. The van der Waals surface area contributed by atoms with Gasteiger partial charge in [-0.1, -0.05) is 23.7 Å². The van der Waals surface area contributed by atoms with E-state index < -0.39 is 29.2 Å². The molecule has 1 N–H and O–H groups in total. The molecule has 3 aromatic rings. The normalized spacial score (nSPS) is 19.1. The van der Waals surface area contributed by atoms with E-state index in [-0.39, 0.29) is 18.1 Å². The number of nitrogens with one attached hydrogen (secondary N) is 1. The van der Waals surface area contributed by atoms with Crippen molar-refractivity contribution in [2.24, 2.45) is 0 Å². The van der Waals surface area contributed by atoms with Crippen LogP contribution >= 0.6 is 11.6 Å². The molecule has 2 heterocycles. The maximum Gasteiger partial charge on any atom is 0.416 e. The molecule has 0 saturated carbocycles. The minimum Gasteiger partial charge on any atom is -0.319 e. The van der Waals surface area contributed by atoms with Crippen LogP contribution in [0.4, 0.5) is 18.0 Å². The Balaban J connectivity index is 1.60. The van der Waals surface area contributed by atoms with Crippen molar-refractivity contribution in [2.75, 3.05) is 0 Å². The van der Waals surface area contributed by atoms with Crippen molar-refractivity contribution in [1.29, 1.82) is 0 Å². The van der Waals surface area contributed by atoms with Crippen molar-refractivity contribution in [1.82, 2.24) is 30.4 Å². The highest BCUT2D eigenvalue weighted by atomic mass is 35.5. The fourth-order valence-electron chi connectivity index (χ4n) is 3.26. The summed E-state index contributed by atoms with van der Waals surface area (Å²) < 4.78 is 39.5. The number of tetrazole rings is 1. The van der Waals surface area contributed by atoms with Gasteiger partial charge in [0.2, 0.25) is 0 Å². The SMILES string of the molecule is CC1(c2ccc(Cl)cc2)NC(=O)N(Cc2nnnn2-c2ccc(C(F)(F)F)cc2)C1=O. The van der Waals surface area contributed by atoms with E-state index in [1.54, 1.807) is 31.2 Å². The van der Waals surface area contributed by atoms with Crippen LogP contribution in [-0.4, -0.2) is 37.0 Å². The van der Waals surface area contributed by atoms with Crippen LogP contribution in [0.3, 0.4) is 0 Å². The highest BCUT2D eigenvalue weighted by Gasteiger charge is 2.49. The number of carbonyl (C=O) groups excluding carboxylic acids is 2. The lowest BCUT2D eigenvalue weighted by Gasteiger charge is -2.22. The van der Waals surface area contributed by atoms with Crippen molar-refractivity contribution in [3.8, 4) is 5.69 Å². The van der Waals surface area contributed by atoms with Crippen LogP contribution in [0, 0.1) is 0 Å². The lowest BCUT2D eigenvalue weighted by Crippen LogP contribution is -2.40. The number of urea groups is 1. The summed E-state index contributed by atoms with van der Waals surface area (Å²) in [4.78, 5) is 26.5. The topological polar surface area (TPSA) is 93.0 Å². The summed E-state index contributed by atoms with van der Waals surface area (Å²) in [6, 6.07) is 10.0. The smallest absolute Gasteiger partial charge is 0.319 e. The Morgan fingerprint density at radius 3 is 2.32 bits per heavy atom. The second kappa shape index (κ2) is 7.34. The third-order valence-electron chi connectivity index (χ3n) is 4.97. The largest absolute Gasteiger partial charge is 0.416 e. The predicted octanol–water partition coefficient (Wildman–Crippen LogP) is 3.30. The van der Waals surface area contributed by atoms with Crippen LogP contribution < -0.4 is 5.32 Å². The molecular formula is C19H14ClF3N6O2. The molecule has 3 amide bonds. The zero-order valence-electron chi connectivity index (χ0n) is 15.9. The average molecular weight is 451 g/mol. The number of halogens is 4. The van der Waals surface area contributed by atoms with E-state index >= 15 is 0 Å². The molecule has 0 aliphatic carbocycles. The van der Waals surface area contributed by atoms with Gasteiger partial charge in [0.05, 0.1) is 17.8 Å². The first-order valence-corrected chi connectivity index (χ1v) is 9.32. The molecule has 2 aromatic carbocycles. The van der Waals surface area contributed by atoms with E-state index in [0.717, 1.165) is 17.0 Å². The number of carbonyl (C=O) groups is 2. The van der Waals surface area contributed by atoms with Crippen LogP contribution in [0.25, 0.3) is 5.69 Å². The van der Waals surface area contributed by atoms with Gasteiger partial charge in [0.1, 0.15) is 5.54 Å². The van der Waals surface area contributed by atoms with E-state index in [4.69, 9.17) is 11.6 Å². The van der Waals surface area contributed by atoms with Gasteiger partial charge < -0.3 is 5.32 Å². The summed E-state index contributed by atoms with van der Waals surface area (Å²) in [5.41, 5.74) is -1.34. The number of alkyl halides is 3.